The Bertz CT molecular complexity index is 2030. The molecule has 1 heterocycles. The fraction of sp³-hybridized carbons (Fsp3) is 0.159. The van der Waals surface area contributed by atoms with Gasteiger partial charge in [-0.05, 0) is 76.3 Å². The summed E-state index contributed by atoms with van der Waals surface area (Å²) in [4.78, 5) is 14.1. The van der Waals surface area contributed by atoms with Crippen molar-refractivity contribution in [2.45, 2.75) is 43.0 Å². The van der Waals surface area contributed by atoms with Crippen LogP contribution in [0.4, 0.5) is 10.5 Å². The van der Waals surface area contributed by atoms with Crippen LogP contribution in [-0.4, -0.2) is 23.0 Å². The molecule has 3 atom stereocenters. The molecule has 0 saturated carbocycles. The van der Waals surface area contributed by atoms with Gasteiger partial charge in [0.15, 0.2) is 6.29 Å². The SMILES string of the molecule is O=C(NCc1ccccc1-c1ccc([C@H]2O[C@@H](CSc3ccccc3)C[C@@H](c3ccc(CO)cc3)O2)cc1)Nc1ccc(Oc2ccccc2)cc1. The van der Waals surface area contributed by atoms with Gasteiger partial charge in [-0.15, -0.1) is 11.8 Å². The highest BCUT2D eigenvalue weighted by Gasteiger charge is 2.32. The summed E-state index contributed by atoms with van der Waals surface area (Å²) in [7, 11) is 0. The minimum Gasteiger partial charge on any atom is -0.457 e. The van der Waals surface area contributed by atoms with E-state index in [2.05, 4.69) is 65.2 Å². The maximum Gasteiger partial charge on any atom is 0.319 e. The topological polar surface area (TPSA) is 89.1 Å². The van der Waals surface area contributed by atoms with E-state index in [9.17, 15) is 9.90 Å². The first kappa shape index (κ1) is 35.0. The molecule has 1 aliphatic heterocycles. The molecule has 52 heavy (non-hydrogen) atoms. The zero-order valence-corrected chi connectivity index (χ0v) is 29.4. The largest absolute Gasteiger partial charge is 0.457 e. The zero-order valence-electron chi connectivity index (χ0n) is 28.6. The van der Waals surface area contributed by atoms with Crippen LogP contribution in [0.15, 0.2) is 163 Å². The third-order valence-electron chi connectivity index (χ3n) is 8.84. The molecular formula is C44H40N2O5S. The lowest BCUT2D eigenvalue weighted by Gasteiger charge is -2.36. The van der Waals surface area contributed by atoms with Crippen LogP contribution in [0.3, 0.4) is 0 Å². The number of hydrogen-bond donors (Lipinski definition) is 3. The van der Waals surface area contributed by atoms with Gasteiger partial charge < -0.3 is 30.0 Å². The van der Waals surface area contributed by atoms with Gasteiger partial charge in [-0.25, -0.2) is 4.79 Å². The molecule has 7 nitrogen and oxygen atoms in total. The number of para-hydroxylation sites is 1. The van der Waals surface area contributed by atoms with E-state index in [1.165, 1.54) is 4.90 Å². The van der Waals surface area contributed by atoms with Crippen molar-refractivity contribution in [1.29, 1.82) is 0 Å². The van der Waals surface area contributed by atoms with E-state index < -0.39 is 6.29 Å². The van der Waals surface area contributed by atoms with Gasteiger partial charge in [0.25, 0.3) is 0 Å². The number of amides is 2. The highest BCUT2D eigenvalue weighted by atomic mass is 32.2. The standard InChI is InChI=1S/C44H40N2O5S/c47-29-31-15-17-33(18-16-31)42-27-39(30-52-40-12-5-2-6-13-40)50-43(51-42)34-21-19-32(20-22-34)41-14-8-7-9-35(41)28-45-44(48)46-36-23-25-38(26-24-36)49-37-10-3-1-4-11-37/h1-26,39,42-43,47H,27-30H2,(H2,45,46,48)/t39-,42+,43+/m1/s1. The molecule has 8 heteroatoms. The fourth-order valence-electron chi connectivity index (χ4n) is 6.09. The van der Waals surface area contributed by atoms with E-state index in [-0.39, 0.29) is 24.8 Å². The molecule has 1 aliphatic rings. The summed E-state index contributed by atoms with van der Waals surface area (Å²) in [5.41, 5.74) is 6.59. The average molecular weight is 709 g/mol. The Morgan fingerprint density at radius 2 is 1.37 bits per heavy atom. The quantitative estimate of drug-likeness (QED) is 0.110. The minimum atomic E-state index is -0.536. The molecule has 0 aromatic heterocycles. The third kappa shape index (κ3) is 9.29. The molecule has 0 bridgehead atoms. The number of carbonyl (C=O) groups excluding carboxylic acids is 1. The van der Waals surface area contributed by atoms with Gasteiger partial charge in [0, 0.05) is 34.9 Å². The van der Waals surface area contributed by atoms with Crippen molar-refractivity contribution >= 4 is 23.5 Å². The van der Waals surface area contributed by atoms with Crippen molar-refractivity contribution in [3.63, 3.8) is 0 Å². The van der Waals surface area contributed by atoms with Crippen LogP contribution >= 0.6 is 11.8 Å². The second-order valence-electron chi connectivity index (χ2n) is 12.5. The minimum absolute atomic E-state index is 0.00704. The number of anilines is 1. The summed E-state index contributed by atoms with van der Waals surface area (Å²) in [6, 6.07) is 51.2. The number of aliphatic hydroxyl groups is 1. The van der Waals surface area contributed by atoms with Gasteiger partial charge in [0.1, 0.15) is 11.5 Å². The van der Waals surface area contributed by atoms with Gasteiger partial charge in [0.2, 0.25) is 0 Å². The smallest absolute Gasteiger partial charge is 0.319 e. The number of urea groups is 1. The molecule has 1 saturated heterocycles. The van der Waals surface area contributed by atoms with Crippen LogP contribution in [0.2, 0.25) is 0 Å². The molecule has 3 N–H and O–H groups in total. The Hall–Kier alpha value is -5.38. The Morgan fingerprint density at radius 1 is 0.712 bits per heavy atom. The lowest BCUT2D eigenvalue weighted by molar-refractivity contribution is -0.245. The summed E-state index contributed by atoms with van der Waals surface area (Å²) < 4.78 is 19.0. The molecule has 0 spiro atoms. The average Bonchev–Trinajstić information content (AvgIpc) is 3.21. The van der Waals surface area contributed by atoms with Crippen molar-refractivity contribution in [1.82, 2.24) is 5.32 Å². The predicted octanol–water partition coefficient (Wildman–Crippen LogP) is 10.3. The Kier molecular flexibility index (Phi) is 11.6. The predicted molar refractivity (Wildman–Crippen MR) is 206 cm³/mol. The number of rotatable bonds is 12. The van der Waals surface area contributed by atoms with E-state index in [1.54, 1.807) is 11.8 Å². The second-order valence-corrected chi connectivity index (χ2v) is 13.6. The van der Waals surface area contributed by atoms with Crippen molar-refractivity contribution < 1.29 is 24.1 Å². The first-order chi connectivity index (χ1) is 25.6. The number of benzene rings is 6. The molecule has 6 aromatic carbocycles. The van der Waals surface area contributed by atoms with Crippen molar-refractivity contribution in [3.8, 4) is 22.6 Å². The number of carbonyl (C=O) groups is 1. The van der Waals surface area contributed by atoms with E-state index in [1.807, 2.05) is 103 Å². The van der Waals surface area contributed by atoms with Gasteiger partial charge in [-0.1, -0.05) is 109 Å². The number of ether oxygens (including phenoxy) is 3. The summed E-state index contributed by atoms with van der Waals surface area (Å²) in [5, 5.41) is 15.4. The van der Waals surface area contributed by atoms with Crippen LogP contribution in [-0.2, 0) is 22.6 Å². The summed E-state index contributed by atoms with van der Waals surface area (Å²) in [6.07, 6.45) is 0.0245. The van der Waals surface area contributed by atoms with Crippen LogP contribution in [0, 0.1) is 0 Å². The number of thioether (sulfide) groups is 1. The Morgan fingerprint density at radius 3 is 2.10 bits per heavy atom. The number of nitrogens with one attached hydrogen (secondary N) is 2. The lowest BCUT2D eigenvalue weighted by atomic mass is 9.98. The van der Waals surface area contributed by atoms with E-state index in [0.717, 1.165) is 51.3 Å². The van der Waals surface area contributed by atoms with Gasteiger partial charge in [0.05, 0.1) is 18.8 Å². The molecule has 0 aliphatic carbocycles. The molecule has 1 fully saturated rings. The molecule has 2 amide bonds. The molecule has 7 rings (SSSR count). The molecule has 262 valence electrons. The maximum atomic E-state index is 12.9. The van der Waals surface area contributed by atoms with E-state index in [4.69, 9.17) is 14.2 Å². The van der Waals surface area contributed by atoms with Gasteiger partial charge in [-0.2, -0.15) is 0 Å². The van der Waals surface area contributed by atoms with Crippen molar-refractivity contribution in [2.75, 3.05) is 11.1 Å². The number of aliphatic hydroxyl groups excluding tert-OH is 1. The highest BCUT2D eigenvalue weighted by Crippen LogP contribution is 2.40. The summed E-state index contributed by atoms with van der Waals surface area (Å²) in [6.45, 7) is 0.360. The maximum absolute atomic E-state index is 12.9. The third-order valence-corrected chi connectivity index (χ3v) is 9.98. The van der Waals surface area contributed by atoms with Crippen LogP contribution in [0.5, 0.6) is 11.5 Å². The van der Waals surface area contributed by atoms with Crippen molar-refractivity contribution in [2.24, 2.45) is 0 Å². The van der Waals surface area contributed by atoms with Crippen LogP contribution < -0.4 is 15.4 Å². The van der Waals surface area contributed by atoms with Crippen LogP contribution in [0.25, 0.3) is 11.1 Å². The van der Waals surface area contributed by atoms with Gasteiger partial charge >= 0.3 is 6.03 Å². The summed E-state index contributed by atoms with van der Waals surface area (Å²) in [5.74, 6) is 2.24. The fourth-order valence-corrected chi connectivity index (χ4v) is 7.03. The van der Waals surface area contributed by atoms with Gasteiger partial charge in [-0.3, -0.25) is 0 Å². The summed E-state index contributed by atoms with van der Waals surface area (Å²) >= 11 is 1.78. The Balaban J connectivity index is 0.997. The Labute approximate surface area is 308 Å². The second kappa shape index (κ2) is 17.2. The van der Waals surface area contributed by atoms with Crippen molar-refractivity contribution in [3.05, 3.63) is 180 Å². The highest BCUT2D eigenvalue weighted by molar-refractivity contribution is 7.99. The molecule has 0 unspecified atom stereocenters. The zero-order chi connectivity index (χ0) is 35.5. The number of hydrogen-bond acceptors (Lipinski definition) is 6. The molecule has 6 aromatic rings. The van der Waals surface area contributed by atoms with E-state index in [0.29, 0.717) is 18.0 Å². The first-order valence-electron chi connectivity index (χ1n) is 17.3. The molecular weight excluding hydrogens is 669 g/mol. The first-order valence-corrected chi connectivity index (χ1v) is 18.3. The lowest BCUT2D eigenvalue weighted by Crippen LogP contribution is -2.31. The monoisotopic (exact) mass is 708 g/mol. The normalized spacial score (nSPS) is 16.9. The van der Waals surface area contributed by atoms with E-state index >= 15 is 0 Å². The van der Waals surface area contributed by atoms with Crippen LogP contribution in [0.1, 0.15) is 41.1 Å². The molecule has 0 radical (unpaired) electrons.